The van der Waals surface area contributed by atoms with E-state index in [1.54, 1.807) is 18.2 Å². The van der Waals surface area contributed by atoms with Crippen LogP contribution >= 0.6 is 0 Å². The molecule has 41 heavy (non-hydrogen) atoms. The standard InChI is InChI=1S/C32H36F3N3O3/c1-24(37-13-17-40-29-10-5-6-11-30(29)41-23-32(33,34)35)18-26-19-27-12-15-38(31(27)28(20-26)21-36)14-7-16-39-22-25-8-3-2-4-9-25/h2-6,8-11,19-20,24,37H,7,12-18,22-23H2,1H3. The van der Waals surface area contributed by atoms with Crippen LogP contribution in [0.5, 0.6) is 11.5 Å². The van der Waals surface area contributed by atoms with Crippen LogP contribution in [0.2, 0.25) is 0 Å². The summed E-state index contributed by atoms with van der Waals surface area (Å²) in [5, 5.41) is 13.3. The van der Waals surface area contributed by atoms with Gasteiger partial charge in [0.2, 0.25) is 0 Å². The number of ether oxygens (including phenoxy) is 3. The predicted molar refractivity (Wildman–Crippen MR) is 152 cm³/mol. The van der Waals surface area contributed by atoms with Crippen LogP contribution in [-0.2, 0) is 24.2 Å². The second kappa shape index (κ2) is 14.8. The third-order valence-corrected chi connectivity index (χ3v) is 6.80. The smallest absolute Gasteiger partial charge is 0.422 e. The Labute approximate surface area is 239 Å². The van der Waals surface area contributed by atoms with Crippen LogP contribution in [-0.4, -0.2) is 51.7 Å². The molecule has 4 rings (SSSR count). The normalized spacial score (nSPS) is 13.5. The quantitative estimate of drug-likeness (QED) is 0.225. The fraction of sp³-hybridized carbons (Fsp3) is 0.406. The number of hydrogen-bond donors (Lipinski definition) is 1. The molecule has 1 N–H and O–H groups in total. The second-order valence-corrected chi connectivity index (χ2v) is 10.2. The molecular weight excluding hydrogens is 531 g/mol. The average Bonchev–Trinajstić information content (AvgIpc) is 3.37. The summed E-state index contributed by atoms with van der Waals surface area (Å²) in [6.45, 7) is 4.48. The number of benzene rings is 3. The lowest BCUT2D eigenvalue weighted by atomic mass is 9.99. The van der Waals surface area contributed by atoms with Crippen LogP contribution < -0.4 is 19.7 Å². The Morgan fingerprint density at radius 3 is 2.44 bits per heavy atom. The molecule has 1 heterocycles. The molecule has 0 radical (unpaired) electrons. The van der Waals surface area contributed by atoms with Crippen molar-refractivity contribution in [2.45, 2.75) is 45.0 Å². The van der Waals surface area contributed by atoms with E-state index in [2.05, 4.69) is 41.4 Å². The van der Waals surface area contributed by atoms with Crippen molar-refractivity contribution in [1.29, 1.82) is 5.26 Å². The number of nitrogens with zero attached hydrogens (tertiary/aromatic N) is 2. The summed E-state index contributed by atoms with van der Waals surface area (Å²) in [6, 6.07) is 23.1. The number of nitrogens with one attached hydrogen (secondary N) is 1. The molecule has 1 atom stereocenters. The van der Waals surface area contributed by atoms with Crippen LogP contribution in [0, 0.1) is 11.3 Å². The molecule has 0 spiro atoms. The number of alkyl halides is 3. The monoisotopic (exact) mass is 567 g/mol. The van der Waals surface area contributed by atoms with Crippen molar-refractivity contribution >= 4 is 5.69 Å². The van der Waals surface area contributed by atoms with Gasteiger partial charge < -0.3 is 24.4 Å². The van der Waals surface area contributed by atoms with E-state index in [0.29, 0.717) is 25.3 Å². The number of anilines is 1. The van der Waals surface area contributed by atoms with Gasteiger partial charge in [0.1, 0.15) is 12.7 Å². The molecule has 0 amide bonds. The fourth-order valence-corrected chi connectivity index (χ4v) is 4.98. The molecule has 3 aromatic rings. The van der Waals surface area contributed by atoms with Gasteiger partial charge in [-0.05, 0) is 61.1 Å². The number of nitriles is 1. The van der Waals surface area contributed by atoms with Gasteiger partial charge in [-0.3, -0.25) is 0 Å². The Bertz CT molecular complexity index is 1290. The summed E-state index contributed by atoms with van der Waals surface area (Å²) in [4.78, 5) is 2.29. The van der Waals surface area contributed by atoms with E-state index in [9.17, 15) is 18.4 Å². The van der Waals surface area contributed by atoms with E-state index in [4.69, 9.17) is 14.2 Å². The fourth-order valence-electron chi connectivity index (χ4n) is 4.98. The number of rotatable bonds is 15. The minimum atomic E-state index is -4.41. The summed E-state index contributed by atoms with van der Waals surface area (Å²) >= 11 is 0. The van der Waals surface area contributed by atoms with Gasteiger partial charge in [-0.1, -0.05) is 48.5 Å². The molecule has 9 heteroatoms. The Morgan fingerprint density at radius 2 is 1.71 bits per heavy atom. The van der Waals surface area contributed by atoms with Gasteiger partial charge in [-0.25, -0.2) is 0 Å². The first-order valence-electron chi connectivity index (χ1n) is 13.9. The maximum Gasteiger partial charge on any atom is 0.422 e. The van der Waals surface area contributed by atoms with Crippen LogP contribution in [0.15, 0.2) is 66.7 Å². The van der Waals surface area contributed by atoms with Gasteiger partial charge >= 0.3 is 6.18 Å². The van der Waals surface area contributed by atoms with E-state index in [-0.39, 0.29) is 24.1 Å². The summed E-state index contributed by atoms with van der Waals surface area (Å²) in [7, 11) is 0. The zero-order valence-electron chi connectivity index (χ0n) is 23.3. The van der Waals surface area contributed by atoms with Crippen LogP contribution in [0.4, 0.5) is 18.9 Å². The van der Waals surface area contributed by atoms with Crippen molar-refractivity contribution < 1.29 is 27.4 Å². The first-order valence-corrected chi connectivity index (χ1v) is 13.9. The molecule has 3 aromatic carbocycles. The molecule has 0 aliphatic carbocycles. The third-order valence-electron chi connectivity index (χ3n) is 6.80. The van der Waals surface area contributed by atoms with Gasteiger partial charge in [-0.2, -0.15) is 18.4 Å². The van der Waals surface area contributed by atoms with Crippen molar-refractivity contribution in [2.75, 3.05) is 44.4 Å². The first kappa shape index (κ1) is 30.2. The molecule has 0 aromatic heterocycles. The largest absolute Gasteiger partial charge is 0.488 e. The van der Waals surface area contributed by atoms with E-state index in [0.717, 1.165) is 49.2 Å². The lowest BCUT2D eigenvalue weighted by Crippen LogP contribution is -2.32. The minimum Gasteiger partial charge on any atom is -0.488 e. The first-order chi connectivity index (χ1) is 19.8. The third kappa shape index (κ3) is 9.41. The maximum absolute atomic E-state index is 12.5. The zero-order valence-corrected chi connectivity index (χ0v) is 23.3. The average molecular weight is 568 g/mol. The summed E-state index contributed by atoms with van der Waals surface area (Å²) < 4.78 is 53.9. The van der Waals surface area contributed by atoms with Crippen molar-refractivity contribution in [3.63, 3.8) is 0 Å². The highest BCUT2D eigenvalue weighted by molar-refractivity contribution is 5.68. The van der Waals surface area contributed by atoms with Gasteiger partial charge in [0.15, 0.2) is 18.1 Å². The highest BCUT2D eigenvalue weighted by Gasteiger charge is 2.29. The van der Waals surface area contributed by atoms with E-state index < -0.39 is 12.8 Å². The predicted octanol–water partition coefficient (Wildman–Crippen LogP) is 6.07. The van der Waals surface area contributed by atoms with Crippen molar-refractivity contribution in [3.8, 4) is 17.6 Å². The van der Waals surface area contributed by atoms with E-state index >= 15 is 0 Å². The van der Waals surface area contributed by atoms with Crippen LogP contribution in [0.25, 0.3) is 0 Å². The van der Waals surface area contributed by atoms with E-state index in [1.807, 2.05) is 24.3 Å². The lowest BCUT2D eigenvalue weighted by Gasteiger charge is -2.21. The lowest BCUT2D eigenvalue weighted by molar-refractivity contribution is -0.153. The molecule has 1 unspecified atom stereocenters. The second-order valence-electron chi connectivity index (χ2n) is 10.2. The topological polar surface area (TPSA) is 66.8 Å². The Balaban J connectivity index is 1.22. The van der Waals surface area contributed by atoms with Crippen LogP contribution in [0.1, 0.15) is 35.6 Å². The SMILES string of the molecule is CC(Cc1cc(C#N)c2c(c1)CCN2CCCOCc1ccccc1)NCCOc1ccccc1OCC(F)(F)F. The molecule has 0 bridgehead atoms. The molecule has 6 nitrogen and oxygen atoms in total. The highest BCUT2D eigenvalue weighted by atomic mass is 19.4. The highest BCUT2D eigenvalue weighted by Crippen LogP contribution is 2.33. The molecule has 1 aliphatic heterocycles. The van der Waals surface area contributed by atoms with Gasteiger partial charge in [-0.15, -0.1) is 0 Å². The van der Waals surface area contributed by atoms with Gasteiger partial charge in [0.05, 0.1) is 17.9 Å². The van der Waals surface area contributed by atoms with Crippen molar-refractivity contribution in [3.05, 3.63) is 89.0 Å². The number of para-hydroxylation sites is 2. The summed E-state index contributed by atoms with van der Waals surface area (Å²) in [5.41, 5.74) is 5.20. The Hall–Kier alpha value is -3.74. The number of halogens is 3. The van der Waals surface area contributed by atoms with Crippen molar-refractivity contribution in [1.82, 2.24) is 5.32 Å². The number of fused-ring (bicyclic) bond motifs is 1. The van der Waals surface area contributed by atoms with Gasteiger partial charge in [0.25, 0.3) is 0 Å². The molecule has 218 valence electrons. The molecule has 0 saturated heterocycles. The minimum absolute atomic E-state index is 0.0637. The number of hydrogen-bond acceptors (Lipinski definition) is 6. The van der Waals surface area contributed by atoms with E-state index in [1.165, 1.54) is 11.6 Å². The Kier molecular flexibility index (Phi) is 10.9. The summed E-state index contributed by atoms with van der Waals surface area (Å²) in [6.07, 6.45) is -1.88. The maximum atomic E-state index is 12.5. The van der Waals surface area contributed by atoms with Crippen LogP contribution in [0.3, 0.4) is 0 Å². The molecule has 0 saturated carbocycles. The Morgan fingerprint density at radius 1 is 0.976 bits per heavy atom. The van der Waals surface area contributed by atoms with Gasteiger partial charge in [0, 0.05) is 32.3 Å². The zero-order chi connectivity index (χ0) is 29.1. The molecule has 0 fully saturated rings. The molecule has 1 aliphatic rings. The van der Waals surface area contributed by atoms with Crippen molar-refractivity contribution in [2.24, 2.45) is 0 Å². The summed E-state index contributed by atoms with van der Waals surface area (Å²) in [5.74, 6) is 0.338. The molecular formula is C32H36F3N3O3.